The van der Waals surface area contributed by atoms with Crippen LogP contribution in [0.2, 0.25) is 0 Å². The molecule has 1 saturated carbocycles. The molecule has 1 aromatic rings. The van der Waals surface area contributed by atoms with Gasteiger partial charge in [-0.2, -0.15) is 0 Å². The zero-order valence-electron chi connectivity index (χ0n) is 9.86. The fourth-order valence-corrected chi connectivity index (χ4v) is 3.63. The lowest BCUT2D eigenvalue weighted by atomic mass is 9.71. The van der Waals surface area contributed by atoms with Crippen molar-refractivity contribution < 1.29 is 0 Å². The van der Waals surface area contributed by atoms with E-state index in [1.54, 1.807) is 5.56 Å². The van der Waals surface area contributed by atoms with Crippen LogP contribution >= 0.6 is 0 Å². The molecular weight excluding hydrogens is 194 g/mol. The van der Waals surface area contributed by atoms with Gasteiger partial charge >= 0.3 is 0 Å². The van der Waals surface area contributed by atoms with Gasteiger partial charge in [-0.05, 0) is 49.6 Å². The third-order valence-electron chi connectivity index (χ3n) is 4.39. The lowest BCUT2D eigenvalue weighted by molar-refractivity contribution is 0.186. The highest BCUT2D eigenvalue weighted by Gasteiger charge is 2.35. The quantitative estimate of drug-likeness (QED) is 0.757. The van der Waals surface area contributed by atoms with Gasteiger partial charge in [0.1, 0.15) is 0 Å². The Bertz CT molecular complexity index is 331. The van der Waals surface area contributed by atoms with E-state index in [1.165, 1.54) is 38.6 Å². The molecule has 3 rings (SSSR count). The normalized spacial score (nSPS) is 34.4. The van der Waals surface area contributed by atoms with E-state index in [1.807, 2.05) is 0 Å². The van der Waals surface area contributed by atoms with E-state index >= 15 is 0 Å². The third-order valence-corrected chi connectivity index (χ3v) is 4.39. The number of fused-ring (bicyclic) bond motifs is 1. The first-order valence-electron chi connectivity index (χ1n) is 6.73. The lowest BCUT2D eigenvalue weighted by Gasteiger charge is -2.42. The summed E-state index contributed by atoms with van der Waals surface area (Å²) in [5.41, 5.74) is 1.55. The maximum absolute atomic E-state index is 3.77. The number of benzene rings is 1. The highest BCUT2D eigenvalue weighted by molar-refractivity contribution is 5.22. The van der Waals surface area contributed by atoms with Gasteiger partial charge in [-0.1, -0.05) is 36.8 Å². The molecule has 1 nitrogen and oxygen atoms in total. The standard InChI is InChI=1S/C15H21N/c1-2-6-12(7-3-1)14-10-4-8-13-9-5-11-16-15(13)14/h1-3,6-7,13-16H,4-5,8-11H2/t13-,14-,15+/m0/s1. The summed E-state index contributed by atoms with van der Waals surface area (Å²) >= 11 is 0. The van der Waals surface area contributed by atoms with E-state index < -0.39 is 0 Å². The smallest absolute Gasteiger partial charge is 0.0164 e. The molecule has 0 unspecified atom stereocenters. The van der Waals surface area contributed by atoms with Gasteiger partial charge in [0.25, 0.3) is 0 Å². The number of hydrogen-bond acceptors (Lipinski definition) is 1. The van der Waals surface area contributed by atoms with Crippen molar-refractivity contribution in [3.05, 3.63) is 35.9 Å². The largest absolute Gasteiger partial charge is 0.313 e. The Labute approximate surface area is 98.3 Å². The summed E-state index contributed by atoms with van der Waals surface area (Å²) in [6, 6.07) is 11.9. The number of rotatable bonds is 1. The summed E-state index contributed by atoms with van der Waals surface area (Å²) in [4.78, 5) is 0. The van der Waals surface area contributed by atoms with Gasteiger partial charge < -0.3 is 5.32 Å². The molecule has 2 fully saturated rings. The Morgan fingerprint density at radius 2 is 1.75 bits per heavy atom. The minimum atomic E-state index is 0.755. The molecule has 2 aliphatic rings. The molecule has 0 aromatic heterocycles. The van der Waals surface area contributed by atoms with Crippen molar-refractivity contribution in [3.8, 4) is 0 Å². The molecule has 0 bridgehead atoms. The Morgan fingerprint density at radius 1 is 0.938 bits per heavy atom. The van der Waals surface area contributed by atoms with Gasteiger partial charge in [-0.3, -0.25) is 0 Å². The number of nitrogens with one attached hydrogen (secondary N) is 1. The highest BCUT2D eigenvalue weighted by atomic mass is 14.9. The molecule has 0 amide bonds. The molecule has 1 aliphatic heterocycles. The predicted octanol–water partition coefficient (Wildman–Crippen LogP) is 3.32. The fourth-order valence-electron chi connectivity index (χ4n) is 3.63. The van der Waals surface area contributed by atoms with Crippen molar-refractivity contribution in [1.82, 2.24) is 5.32 Å². The molecule has 1 heterocycles. The van der Waals surface area contributed by atoms with Crippen molar-refractivity contribution in [1.29, 1.82) is 0 Å². The zero-order valence-corrected chi connectivity index (χ0v) is 9.86. The van der Waals surface area contributed by atoms with E-state index in [9.17, 15) is 0 Å². The van der Waals surface area contributed by atoms with E-state index in [0.29, 0.717) is 0 Å². The van der Waals surface area contributed by atoms with Crippen molar-refractivity contribution in [2.45, 2.75) is 44.1 Å². The zero-order chi connectivity index (χ0) is 10.8. The van der Waals surface area contributed by atoms with Crippen molar-refractivity contribution in [3.63, 3.8) is 0 Å². The van der Waals surface area contributed by atoms with E-state index in [-0.39, 0.29) is 0 Å². The Balaban J connectivity index is 1.83. The summed E-state index contributed by atoms with van der Waals surface area (Å²) in [6.07, 6.45) is 7.06. The van der Waals surface area contributed by atoms with Crippen molar-refractivity contribution >= 4 is 0 Å². The first-order valence-corrected chi connectivity index (χ1v) is 6.73. The molecule has 1 heteroatoms. The first kappa shape index (κ1) is 10.3. The highest BCUT2D eigenvalue weighted by Crippen LogP contribution is 2.39. The minimum Gasteiger partial charge on any atom is -0.313 e. The van der Waals surface area contributed by atoms with Gasteiger partial charge in [-0.15, -0.1) is 0 Å². The van der Waals surface area contributed by atoms with E-state index in [2.05, 4.69) is 35.6 Å². The third kappa shape index (κ3) is 1.89. The molecule has 1 aromatic carbocycles. The Morgan fingerprint density at radius 3 is 2.62 bits per heavy atom. The molecule has 86 valence electrons. The van der Waals surface area contributed by atoms with Crippen LogP contribution in [0.4, 0.5) is 0 Å². The molecule has 3 atom stereocenters. The average molecular weight is 215 g/mol. The van der Waals surface area contributed by atoms with Gasteiger partial charge in [0.05, 0.1) is 0 Å². The van der Waals surface area contributed by atoms with Crippen LogP contribution in [-0.4, -0.2) is 12.6 Å². The van der Waals surface area contributed by atoms with Crippen LogP contribution in [0.25, 0.3) is 0 Å². The summed E-state index contributed by atoms with van der Waals surface area (Å²) < 4.78 is 0. The summed E-state index contributed by atoms with van der Waals surface area (Å²) in [5, 5.41) is 3.77. The van der Waals surface area contributed by atoms with Crippen molar-refractivity contribution in [2.24, 2.45) is 5.92 Å². The Hall–Kier alpha value is -0.820. The molecule has 0 radical (unpaired) electrons. The van der Waals surface area contributed by atoms with Gasteiger partial charge in [0, 0.05) is 6.04 Å². The molecular formula is C15H21N. The molecule has 16 heavy (non-hydrogen) atoms. The first-order chi connectivity index (χ1) is 7.95. The second-order valence-corrected chi connectivity index (χ2v) is 5.33. The Kier molecular flexibility index (Phi) is 2.96. The molecule has 1 N–H and O–H groups in total. The number of piperidine rings is 1. The van der Waals surface area contributed by atoms with E-state index in [0.717, 1.165) is 17.9 Å². The van der Waals surface area contributed by atoms with Crippen LogP contribution in [0.15, 0.2) is 30.3 Å². The van der Waals surface area contributed by atoms with E-state index in [4.69, 9.17) is 0 Å². The molecule has 1 saturated heterocycles. The summed E-state index contributed by atoms with van der Waals surface area (Å²) in [5.74, 6) is 1.70. The monoisotopic (exact) mass is 215 g/mol. The summed E-state index contributed by atoms with van der Waals surface area (Å²) in [6.45, 7) is 1.23. The second-order valence-electron chi connectivity index (χ2n) is 5.33. The van der Waals surface area contributed by atoms with Crippen LogP contribution in [0.3, 0.4) is 0 Å². The maximum Gasteiger partial charge on any atom is 0.0164 e. The topological polar surface area (TPSA) is 12.0 Å². The summed E-state index contributed by atoms with van der Waals surface area (Å²) in [7, 11) is 0. The van der Waals surface area contributed by atoms with Gasteiger partial charge in [0.2, 0.25) is 0 Å². The molecule has 0 spiro atoms. The van der Waals surface area contributed by atoms with Crippen LogP contribution in [-0.2, 0) is 0 Å². The van der Waals surface area contributed by atoms with Gasteiger partial charge in [0.15, 0.2) is 0 Å². The fraction of sp³-hybridized carbons (Fsp3) is 0.600. The maximum atomic E-state index is 3.77. The molecule has 1 aliphatic carbocycles. The van der Waals surface area contributed by atoms with Gasteiger partial charge in [-0.25, -0.2) is 0 Å². The van der Waals surface area contributed by atoms with Crippen LogP contribution in [0.5, 0.6) is 0 Å². The van der Waals surface area contributed by atoms with Crippen LogP contribution in [0, 0.1) is 5.92 Å². The SMILES string of the molecule is c1ccc([C@@H]2CCC[C@H]3CCCN[C@H]32)cc1. The average Bonchev–Trinajstić information content (AvgIpc) is 2.39. The van der Waals surface area contributed by atoms with Crippen LogP contribution in [0.1, 0.15) is 43.6 Å². The minimum absolute atomic E-state index is 0.755. The number of hydrogen-bond donors (Lipinski definition) is 1. The predicted molar refractivity (Wildman–Crippen MR) is 67.5 cm³/mol. The van der Waals surface area contributed by atoms with Crippen LogP contribution < -0.4 is 5.32 Å². The lowest BCUT2D eigenvalue weighted by Crippen LogP contribution is -2.47. The second kappa shape index (κ2) is 4.58. The van der Waals surface area contributed by atoms with Crippen molar-refractivity contribution in [2.75, 3.05) is 6.54 Å².